The van der Waals surface area contributed by atoms with Crippen LogP contribution in [0.4, 0.5) is 0 Å². The third-order valence-electron chi connectivity index (χ3n) is 2.27. The van der Waals surface area contributed by atoms with E-state index in [2.05, 4.69) is 6.58 Å². The van der Waals surface area contributed by atoms with Crippen LogP contribution in [0.15, 0.2) is 30.8 Å². The fourth-order valence-electron chi connectivity index (χ4n) is 1.47. The second kappa shape index (κ2) is 4.44. The molecule has 0 N–H and O–H groups in total. The van der Waals surface area contributed by atoms with Crippen molar-refractivity contribution in [2.24, 2.45) is 0 Å². The summed E-state index contributed by atoms with van der Waals surface area (Å²) in [5, 5.41) is 0. The van der Waals surface area contributed by atoms with Crippen molar-refractivity contribution >= 4 is 18.7 Å². The maximum Gasteiger partial charge on any atom is 0.493 e. The first kappa shape index (κ1) is 9.50. The highest BCUT2D eigenvalue weighted by atomic mass is 16.6. The average molecular weight is 188 g/mol. The van der Waals surface area contributed by atoms with Crippen molar-refractivity contribution in [3.8, 4) is 0 Å². The van der Waals surface area contributed by atoms with Crippen LogP contribution in [0.3, 0.4) is 0 Å². The molecule has 0 spiro atoms. The van der Waals surface area contributed by atoms with Gasteiger partial charge in [-0.2, -0.15) is 0 Å². The van der Waals surface area contributed by atoms with Crippen LogP contribution in [0, 0.1) is 0 Å². The van der Waals surface area contributed by atoms with Gasteiger partial charge < -0.3 is 9.31 Å². The molecule has 1 aromatic carbocycles. The second-order valence-electron chi connectivity index (χ2n) is 3.30. The molecule has 0 amide bonds. The first-order chi connectivity index (χ1) is 6.90. The molecule has 2 rings (SSSR count). The standard InChI is InChI=1S/C11H13BO2/c1-2-10-4-6-11(7-5-10)12-13-8-3-9-14-12/h2,4-7H,1,3,8-9H2. The lowest BCUT2D eigenvalue weighted by Crippen LogP contribution is -2.40. The summed E-state index contributed by atoms with van der Waals surface area (Å²) in [7, 11) is -0.178. The molecule has 0 aromatic heterocycles. The van der Waals surface area contributed by atoms with Gasteiger partial charge in [0.2, 0.25) is 0 Å². The SMILES string of the molecule is C=Cc1ccc(B2OCCCO2)cc1. The zero-order valence-electron chi connectivity index (χ0n) is 8.11. The van der Waals surface area contributed by atoms with Crippen molar-refractivity contribution in [3.05, 3.63) is 36.4 Å². The van der Waals surface area contributed by atoms with Crippen molar-refractivity contribution in [3.63, 3.8) is 0 Å². The summed E-state index contributed by atoms with van der Waals surface area (Å²) in [4.78, 5) is 0. The Balaban J connectivity index is 2.11. The predicted octanol–water partition coefficient (Wildman–Crippen LogP) is 1.46. The fraction of sp³-hybridized carbons (Fsp3) is 0.273. The van der Waals surface area contributed by atoms with Crippen LogP contribution >= 0.6 is 0 Å². The van der Waals surface area contributed by atoms with Crippen LogP contribution in [0.2, 0.25) is 0 Å². The molecule has 0 bridgehead atoms. The molecule has 1 fully saturated rings. The van der Waals surface area contributed by atoms with Crippen LogP contribution in [-0.2, 0) is 9.31 Å². The van der Waals surface area contributed by atoms with E-state index in [9.17, 15) is 0 Å². The van der Waals surface area contributed by atoms with Gasteiger partial charge >= 0.3 is 7.12 Å². The lowest BCUT2D eigenvalue weighted by Gasteiger charge is -2.19. The van der Waals surface area contributed by atoms with Gasteiger partial charge in [0.15, 0.2) is 0 Å². The molecule has 0 saturated carbocycles. The van der Waals surface area contributed by atoms with E-state index in [0.717, 1.165) is 30.7 Å². The molecule has 1 aliphatic rings. The van der Waals surface area contributed by atoms with E-state index in [4.69, 9.17) is 9.31 Å². The third-order valence-corrected chi connectivity index (χ3v) is 2.27. The highest BCUT2D eigenvalue weighted by molar-refractivity contribution is 6.61. The maximum absolute atomic E-state index is 5.49. The highest BCUT2D eigenvalue weighted by Gasteiger charge is 2.23. The number of benzene rings is 1. The van der Waals surface area contributed by atoms with Crippen molar-refractivity contribution < 1.29 is 9.31 Å². The van der Waals surface area contributed by atoms with Crippen molar-refractivity contribution in [1.82, 2.24) is 0 Å². The van der Waals surface area contributed by atoms with Gasteiger partial charge in [0.05, 0.1) is 0 Å². The molecular formula is C11H13BO2. The molecule has 1 aromatic rings. The molecule has 3 heteroatoms. The lowest BCUT2D eigenvalue weighted by molar-refractivity contribution is 0.143. The summed E-state index contributed by atoms with van der Waals surface area (Å²) >= 11 is 0. The van der Waals surface area contributed by atoms with Gasteiger partial charge in [0, 0.05) is 13.2 Å². The Labute approximate surface area is 84.7 Å². The molecular weight excluding hydrogens is 175 g/mol. The maximum atomic E-state index is 5.49. The molecule has 1 heterocycles. The van der Waals surface area contributed by atoms with Crippen LogP contribution in [0.25, 0.3) is 6.08 Å². The van der Waals surface area contributed by atoms with E-state index < -0.39 is 0 Å². The van der Waals surface area contributed by atoms with Gasteiger partial charge in [-0.05, 0) is 17.4 Å². The lowest BCUT2D eigenvalue weighted by atomic mass is 9.78. The van der Waals surface area contributed by atoms with Gasteiger partial charge in [-0.15, -0.1) is 0 Å². The predicted molar refractivity (Wildman–Crippen MR) is 58.4 cm³/mol. The molecule has 14 heavy (non-hydrogen) atoms. The summed E-state index contributed by atoms with van der Waals surface area (Å²) in [6.07, 6.45) is 2.81. The molecule has 0 atom stereocenters. The van der Waals surface area contributed by atoms with E-state index in [0.29, 0.717) is 0 Å². The summed E-state index contributed by atoms with van der Waals surface area (Å²) in [6, 6.07) is 8.08. The van der Waals surface area contributed by atoms with E-state index in [1.165, 1.54) is 0 Å². The second-order valence-corrected chi connectivity index (χ2v) is 3.30. The van der Waals surface area contributed by atoms with Gasteiger partial charge in [-0.3, -0.25) is 0 Å². The molecule has 0 aliphatic carbocycles. The Bertz CT molecular complexity index is 302. The molecule has 2 nitrogen and oxygen atoms in total. The summed E-state index contributed by atoms with van der Waals surface area (Å²) < 4.78 is 11.0. The third kappa shape index (κ3) is 2.06. The number of hydrogen-bond acceptors (Lipinski definition) is 2. The number of rotatable bonds is 2. The van der Waals surface area contributed by atoms with E-state index in [1.807, 2.05) is 30.3 Å². The zero-order valence-corrected chi connectivity index (χ0v) is 8.11. The minimum Gasteiger partial charge on any atom is -0.407 e. The Morgan fingerprint density at radius 1 is 1.14 bits per heavy atom. The van der Waals surface area contributed by atoms with Crippen molar-refractivity contribution in [1.29, 1.82) is 0 Å². The minimum absolute atomic E-state index is 0.178. The smallest absolute Gasteiger partial charge is 0.407 e. The molecule has 1 aliphatic heterocycles. The van der Waals surface area contributed by atoms with Crippen LogP contribution < -0.4 is 5.46 Å². The van der Waals surface area contributed by atoms with E-state index in [-0.39, 0.29) is 7.12 Å². The van der Waals surface area contributed by atoms with E-state index in [1.54, 1.807) is 0 Å². The van der Waals surface area contributed by atoms with Crippen LogP contribution in [0.5, 0.6) is 0 Å². The molecule has 72 valence electrons. The molecule has 1 saturated heterocycles. The van der Waals surface area contributed by atoms with Crippen molar-refractivity contribution in [2.45, 2.75) is 6.42 Å². The van der Waals surface area contributed by atoms with Gasteiger partial charge in [-0.1, -0.05) is 36.9 Å². The average Bonchev–Trinajstić information content (AvgIpc) is 2.30. The highest BCUT2D eigenvalue weighted by Crippen LogP contribution is 2.04. The normalized spacial score (nSPS) is 16.7. The summed E-state index contributed by atoms with van der Waals surface area (Å²) in [5.74, 6) is 0. The summed E-state index contributed by atoms with van der Waals surface area (Å²) in [6.45, 7) is 5.28. The first-order valence-corrected chi connectivity index (χ1v) is 4.86. The first-order valence-electron chi connectivity index (χ1n) is 4.86. The Morgan fingerprint density at radius 2 is 1.79 bits per heavy atom. The monoisotopic (exact) mass is 188 g/mol. The topological polar surface area (TPSA) is 18.5 Å². The quantitative estimate of drug-likeness (QED) is 0.654. The Hall–Kier alpha value is -1.06. The van der Waals surface area contributed by atoms with Gasteiger partial charge in [0.1, 0.15) is 0 Å². The zero-order chi connectivity index (χ0) is 9.80. The Kier molecular flexibility index (Phi) is 3.01. The van der Waals surface area contributed by atoms with E-state index >= 15 is 0 Å². The molecule has 0 unspecified atom stereocenters. The number of hydrogen-bond donors (Lipinski definition) is 0. The van der Waals surface area contributed by atoms with Gasteiger partial charge in [0.25, 0.3) is 0 Å². The molecule has 0 radical (unpaired) electrons. The van der Waals surface area contributed by atoms with Gasteiger partial charge in [-0.25, -0.2) is 0 Å². The Morgan fingerprint density at radius 3 is 2.36 bits per heavy atom. The fourth-order valence-corrected chi connectivity index (χ4v) is 1.47. The van der Waals surface area contributed by atoms with Crippen molar-refractivity contribution in [2.75, 3.05) is 13.2 Å². The largest absolute Gasteiger partial charge is 0.493 e. The summed E-state index contributed by atoms with van der Waals surface area (Å²) in [5.41, 5.74) is 2.19. The minimum atomic E-state index is -0.178. The van der Waals surface area contributed by atoms with Crippen LogP contribution in [-0.4, -0.2) is 20.3 Å². The van der Waals surface area contributed by atoms with Crippen LogP contribution in [0.1, 0.15) is 12.0 Å².